The number of thioether (sulfide) groups is 1. The van der Waals surface area contributed by atoms with Crippen LogP contribution in [0.25, 0.3) is 0 Å². The van der Waals surface area contributed by atoms with Crippen molar-refractivity contribution in [3.8, 4) is 5.75 Å². The second-order valence-corrected chi connectivity index (χ2v) is 32.4. The Balaban J connectivity index is 0.00000119. The molecule has 1 saturated heterocycles. The number of carbonyl (C=O) groups excluding carboxylic acids is 12. The average molecular weight is 1690 g/mol. The normalized spacial score (nSPS) is 16.1. The zero-order valence-corrected chi connectivity index (χ0v) is 71.8. The van der Waals surface area contributed by atoms with Gasteiger partial charge in [0.2, 0.25) is 41.4 Å². The number of guanidine groups is 2. The van der Waals surface area contributed by atoms with Crippen molar-refractivity contribution < 1.29 is 82.8 Å². The van der Waals surface area contributed by atoms with E-state index in [0.29, 0.717) is 95.0 Å². The fourth-order valence-corrected chi connectivity index (χ4v) is 14.8. The van der Waals surface area contributed by atoms with Crippen molar-refractivity contribution in [2.75, 3.05) is 64.9 Å². The Morgan fingerprint density at radius 3 is 1.54 bits per heavy atom. The van der Waals surface area contributed by atoms with E-state index in [1.54, 1.807) is 0 Å². The average Bonchev–Trinajstić information content (AvgIpc) is 0.803. The smallest absolute Gasteiger partial charge is 0.305 e. The van der Waals surface area contributed by atoms with Gasteiger partial charge >= 0.3 is 5.97 Å². The number of aromatic hydroxyl groups is 1. The van der Waals surface area contributed by atoms with Gasteiger partial charge in [0.05, 0.1) is 55.1 Å². The Morgan fingerprint density at radius 1 is 0.551 bits per heavy atom. The van der Waals surface area contributed by atoms with E-state index in [4.69, 9.17) is 51.6 Å². The second-order valence-electron chi connectivity index (χ2n) is 31.5. The standard InChI is InChI=1S/C47H88N8O7.C36H59N9O10S/c1-4-5-6-7-8-9-10-11-12-13-14-15-16-23-39(57)30-36(22-17-19-26-48)45(61)54-40(24-18-20-27-49)42(58)31-37-29-35(2)33-55(46(37)62)41(25-21-28-53-47(50)51)43(59)32-38(34-56)44(60)52-3;1-20(46)24(18-29(48)25(38)12-15-56-2)34(54)44-27(19-31(50)51)30(49)17-22(6-3-4-13-37)33(53)45-28(16-21-8-10-23(47)11-9-21)35(55)43-26(32(39)52)7-5-14-42-36(40)41/h35-38,40-41,56H,4-34,48-49H2,1-3H3,(H,52,60)(H,54,61)(H4,50,51,53);8-11,20,22,24-28,46-47H,3-7,12-19,37-38H2,1-2H3,(H2,39,52)(H,43,55)(H,44,54)(H,45,53)(H,50,51)(H4,40,41,42)/t35?,36-,37-,38+,40+,41+;20-,22-,24?,25+,26+,27+,28?/m11/s1. The fourth-order valence-electron chi connectivity index (χ4n) is 14.3. The molecule has 0 spiro atoms. The number of carboxylic acids is 1. The lowest BCUT2D eigenvalue weighted by atomic mass is 9.82. The van der Waals surface area contributed by atoms with Crippen LogP contribution in [0.15, 0.2) is 34.3 Å². The summed E-state index contributed by atoms with van der Waals surface area (Å²) in [5, 5.41) is 52.6. The van der Waals surface area contributed by atoms with Gasteiger partial charge in [-0.25, -0.2) is 0 Å². The number of hydrogen-bond donors (Lipinski definition) is 18. The van der Waals surface area contributed by atoms with Crippen molar-refractivity contribution >= 4 is 99.9 Å². The van der Waals surface area contributed by atoms with Gasteiger partial charge in [-0.2, -0.15) is 11.8 Å². The highest BCUT2D eigenvalue weighted by atomic mass is 32.2. The number of phenols is 1. The zero-order valence-electron chi connectivity index (χ0n) is 71.0. The maximum absolute atomic E-state index is 14.2. The zero-order chi connectivity index (χ0) is 88.5. The Hall–Kier alpha value is -8.22. The van der Waals surface area contributed by atoms with E-state index >= 15 is 0 Å². The number of likely N-dealkylation sites (tertiary alicyclic amines) is 1. The molecule has 0 aromatic heterocycles. The van der Waals surface area contributed by atoms with Crippen LogP contribution < -0.4 is 78.2 Å². The van der Waals surface area contributed by atoms with Crippen molar-refractivity contribution in [2.24, 2.45) is 97.1 Å². The van der Waals surface area contributed by atoms with Gasteiger partial charge in [0, 0.05) is 89.4 Å². The lowest BCUT2D eigenvalue weighted by Crippen LogP contribution is -2.55. The van der Waals surface area contributed by atoms with Gasteiger partial charge in [0.1, 0.15) is 29.4 Å². The molecule has 0 aliphatic carbocycles. The number of aliphatic hydroxyl groups excluding tert-OH is 2. The van der Waals surface area contributed by atoms with Crippen LogP contribution in [0, 0.1) is 35.5 Å². The molecule has 1 aliphatic heterocycles. The van der Waals surface area contributed by atoms with Crippen LogP contribution in [-0.2, 0) is 68.7 Å². The summed E-state index contributed by atoms with van der Waals surface area (Å²) >= 11 is 1.48. The first-order chi connectivity index (χ1) is 56.2. The summed E-state index contributed by atoms with van der Waals surface area (Å²) in [6, 6.07) is -0.985. The number of amides is 7. The minimum absolute atomic E-state index is 0.0454. The highest BCUT2D eigenvalue weighted by molar-refractivity contribution is 7.98. The first kappa shape index (κ1) is 108. The number of Topliss-reactive ketones (excluding diaryl/α,β-unsaturated/α-hetero) is 5. The van der Waals surface area contributed by atoms with Crippen LogP contribution in [0.2, 0.25) is 0 Å². The van der Waals surface area contributed by atoms with E-state index in [1.807, 2.05) is 13.2 Å². The molecule has 1 aliphatic rings. The molecule has 1 aromatic carbocycles. The van der Waals surface area contributed by atoms with Gasteiger partial charge in [-0.3, -0.25) is 72.3 Å². The van der Waals surface area contributed by atoms with E-state index in [2.05, 4.69) is 43.5 Å². The Kier molecular flexibility index (Phi) is 58.2. The van der Waals surface area contributed by atoms with E-state index in [9.17, 15) is 82.8 Å². The number of aliphatic hydroxyl groups is 2. The largest absolute Gasteiger partial charge is 0.508 e. The van der Waals surface area contributed by atoms with Gasteiger partial charge in [0.15, 0.2) is 29.3 Å². The summed E-state index contributed by atoms with van der Waals surface area (Å²) in [7, 11) is 1.43. The Morgan fingerprint density at radius 2 is 1.04 bits per heavy atom. The van der Waals surface area contributed by atoms with Crippen LogP contribution >= 0.6 is 11.8 Å². The number of nitrogens with zero attached hydrogens (tertiary/aromatic N) is 3. The number of ketones is 5. The number of carbonyl (C=O) groups is 13. The van der Waals surface area contributed by atoms with Crippen LogP contribution in [0.1, 0.15) is 251 Å². The molecule has 1 aromatic rings. The molecule has 3 unspecified atom stereocenters. The Bertz CT molecular complexity index is 3240. The molecule has 0 saturated carbocycles. The van der Waals surface area contributed by atoms with Gasteiger partial charge in [-0.05, 0) is 152 Å². The molecule has 0 bridgehead atoms. The van der Waals surface area contributed by atoms with Gasteiger partial charge in [0.25, 0.3) is 0 Å². The summed E-state index contributed by atoms with van der Waals surface area (Å²) in [6.45, 7) is 6.78. The van der Waals surface area contributed by atoms with Crippen LogP contribution in [0.3, 0.4) is 0 Å². The first-order valence-electron chi connectivity index (χ1n) is 42.6. The number of piperidine rings is 1. The minimum atomic E-state index is -1.64. The van der Waals surface area contributed by atoms with E-state index < -0.39 is 145 Å². The maximum atomic E-state index is 14.2. The van der Waals surface area contributed by atoms with Crippen molar-refractivity contribution in [1.82, 2.24) is 31.5 Å². The molecule has 13 atom stereocenters. The van der Waals surface area contributed by atoms with Crippen molar-refractivity contribution in [3.05, 3.63) is 29.8 Å². The third-order valence-corrected chi connectivity index (χ3v) is 21.9. The molecule has 35 heteroatoms. The highest BCUT2D eigenvalue weighted by Crippen LogP contribution is 2.31. The summed E-state index contributed by atoms with van der Waals surface area (Å²) < 4.78 is 0. The van der Waals surface area contributed by atoms with Crippen molar-refractivity contribution in [2.45, 2.75) is 294 Å². The van der Waals surface area contributed by atoms with Crippen LogP contribution in [-0.4, -0.2) is 221 Å². The third-order valence-electron chi connectivity index (χ3n) is 21.2. The maximum Gasteiger partial charge on any atom is 0.305 e. The number of rotatable bonds is 68. The van der Waals surface area contributed by atoms with Crippen LogP contribution in [0.4, 0.5) is 0 Å². The molecular formula is C83H147N17O17S. The topological polar surface area (TPSA) is 625 Å². The van der Waals surface area contributed by atoms with E-state index in [-0.39, 0.29) is 130 Å². The predicted octanol–water partition coefficient (Wildman–Crippen LogP) is 3.11. The molecular weight excluding hydrogens is 1540 g/mol. The second kappa shape index (κ2) is 63.8. The fraction of sp³-hybridized carbons (Fsp3) is 0.747. The van der Waals surface area contributed by atoms with E-state index in [1.165, 1.54) is 119 Å². The summed E-state index contributed by atoms with van der Waals surface area (Å²) in [5.74, 6) is -12.4. The first-order valence-corrected chi connectivity index (χ1v) is 44.0. The van der Waals surface area contributed by atoms with Gasteiger partial charge < -0.3 is 104 Å². The summed E-state index contributed by atoms with van der Waals surface area (Å²) in [5.41, 5.74) is 50.9. The number of phenolic OH excluding ortho intramolecular Hbond substituents is 1. The number of benzene rings is 1. The lowest BCUT2D eigenvalue weighted by Gasteiger charge is -2.40. The molecule has 1 fully saturated rings. The number of nitrogens with one attached hydrogen (secondary N) is 5. The SMILES string of the molecule is CCCCCCCCCCCCCCCC(=O)C[C@@H](CCCCN)C(=O)N[C@@H](CCCCN)C(=O)C[C@H]1CC(C)CN([C@@H](CCCN=C(N)N)C(=O)C[C@@H](CO)C(=O)NC)C1=O.CSCC[C@H](N)C(=O)CC(C(=O)N[C@@H](CC(=O)O)C(=O)C[C@@H](CCCCN)C(=O)NC(Cc1ccc(O)cc1)C(=O)N[C@@H](CCCN=C(N)N)C(N)=O)[C@@H](C)O. The lowest BCUT2D eigenvalue weighted by molar-refractivity contribution is -0.150. The van der Waals surface area contributed by atoms with Crippen molar-refractivity contribution in [1.29, 1.82) is 0 Å². The van der Waals surface area contributed by atoms with Crippen molar-refractivity contribution in [3.63, 3.8) is 0 Å². The van der Waals surface area contributed by atoms with Gasteiger partial charge in [-0.1, -0.05) is 116 Å². The minimum Gasteiger partial charge on any atom is -0.508 e. The number of hydrogen-bond acceptors (Lipinski definition) is 23. The van der Waals surface area contributed by atoms with E-state index in [0.717, 1.165) is 25.7 Å². The summed E-state index contributed by atoms with van der Waals surface area (Å²) in [4.78, 5) is 183. The molecule has 2 rings (SSSR count). The quantitative estimate of drug-likeness (QED) is 0.0253. The van der Waals surface area contributed by atoms with Crippen LogP contribution in [0.5, 0.6) is 5.75 Å². The molecule has 0 radical (unpaired) electrons. The highest BCUT2D eigenvalue weighted by Gasteiger charge is 2.42. The molecule has 118 heavy (non-hydrogen) atoms. The number of aliphatic imine (C=N–C) groups is 2. The molecule has 27 N–H and O–H groups in total. The Labute approximate surface area is 702 Å². The predicted molar refractivity (Wildman–Crippen MR) is 458 cm³/mol. The number of carboxylic acid groups (broad SMARTS) is 1. The third kappa shape index (κ3) is 47.0. The molecule has 672 valence electrons. The van der Waals surface area contributed by atoms with Gasteiger partial charge in [-0.15, -0.1) is 0 Å². The monoisotopic (exact) mass is 1690 g/mol. The summed E-state index contributed by atoms with van der Waals surface area (Å²) in [6.07, 6.45) is 20.6. The number of unbranched alkanes of at least 4 members (excludes halogenated alkanes) is 15. The number of aliphatic carboxylic acids is 1. The molecule has 1 heterocycles. The molecule has 34 nitrogen and oxygen atoms in total. The number of nitrogens with two attached hydrogens (primary N) is 9. The number of primary amides is 1. The molecule has 7 amide bonds.